The van der Waals surface area contributed by atoms with Gasteiger partial charge in [-0.3, -0.25) is 9.36 Å². The number of ether oxygens (including phenoxy) is 2. The maximum atomic E-state index is 13.2. The predicted molar refractivity (Wildman–Crippen MR) is 105 cm³/mol. The molecule has 27 heavy (non-hydrogen) atoms. The minimum absolute atomic E-state index is 0.220. The molecule has 0 bridgehead atoms. The van der Waals surface area contributed by atoms with Crippen molar-refractivity contribution in [3.05, 3.63) is 65.4 Å². The van der Waals surface area contributed by atoms with Crippen molar-refractivity contribution in [1.82, 2.24) is 4.57 Å². The Bertz CT molecular complexity index is 1000. The van der Waals surface area contributed by atoms with Crippen molar-refractivity contribution in [2.75, 3.05) is 7.11 Å². The van der Waals surface area contributed by atoms with Crippen LogP contribution in [0.5, 0.6) is 5.75 Å². The van der Waals surface area contributed by atoms with Crippen molar-refractivity contribution < 1.29 is 19.1 Å². The SMILES string of the molecule is CCC(Oc1ccc(C)c(C)c1)C(=O)n1cc(C(=O)OC)c2ccccc21. The highest BCUT2D eigenvalue weighted by Crippen LogP contribution is 2.24. The monoisotopic (exact) mass is 365 g/mol. The molecular formula is C22H23NO4. The lowest BCUT2D eigenvalue weighted by Gasteiger charge is -2.18. The minimum atomic E-state index is -0.659. The van der Waals surface area contributed by atoms with Crippen LogP contribution >= 0.6 is 0 Å². The molecule has 140 valence electrons. The molecule has 1 unspecified atom stereocenters. The molecule has 0 N–H and O–H groups in total. The van der Waals surface area contributed by atoms with Crippen LogP contribution in [-0.4, -0.2) is 29.7 Å². The van der Waals surface area contributed by atoms with Gasteiger partial charge in [0.25, 0.3) is 5.91 Å². The first kappa shape index (κ1) is 18.7. The first-order valence-electron chi connectivity index (χ1n) is 8.92. The number of aryl methyl sites for hydroxylation is 2. The van der Waals surface area contributed by atoms with E-state index in [-0.39, 0.29) is 5.91 Å². The van der Waals surface area contributed by atoms with Gasteiger partial charge in [0, 0.05) is 11.6 Å². The third-order valence-electron chi connectivity index (χ3n) is 4.76. The normalized spacial score (nSPS) is 12.0. The number of hydrogen-bond donors (Lipinski definition) is 0. The van der Waals surface area contributed by atoms with Gasteiger partial charge in [0.1, 0.15) is 5.75 Å². The molecule has 0 saturated heterocycles. The molecule has 1 aromatic heterocycles. The number of nitrogens with zero attached hydrogens (tertiary/aromatic N) is 1. The Kier molecular flexibility index (Phi) is 5.31. The lowest BCUT2D eigenvalue weighted by atomic mass is 10.1. The van der Waals surface area contributed by atoms with Crippen LogP contribution in [-0.2, 0) is 4.74 Å². The average Bonchev–Trinajstić information content (AvgIpc) is 3.07. The Morgan fingerprint density at radius 1 is 1.07 bits per heavy atom. The zero-order valence-corrected chi connectivity index (χ0v) is 16.0. The van der Waals surface area contributed by atoms with E-state index in [4.69, 9.17) is 9.47 Å². The molecule has 3 aromatic rings. The molecule has 0 fully saturated rings. The first-order chi connectivity index (χ1) is 13.0. The smallest absolute Gasteiger partial charge is 0.340 e. The molecule has 0 saturated carbocycles. The van der Waals surface area contributed by atoms with Crippen molar-refractivity contribution in [1.29, 1.82) is 0 Å². The molecule has 5 nitrogen and oxygen atoms in total. The molecular weight excluding hydrogens is 342 g/mol. The van der Waals surface area contributed by atoms with E-state index in [9.17, 15) is 9.59 Å². The fourth-order valence-corrected chi connectivity index (χ4v) is 3.05. The largest absolute Gasteiger partial charge is 0.481 e. The van der Waals surface area contributed by atoms with Gasteiger partial charge in [-0.25, -0.2) is 4.79 Å². The van der Waals surface area contributed by atoms with E-state index in [1.54, 1.807) is 6.07 Å². The standard InChI is InChI=1S/C22H23NO4/c1-5-20(27-16-11-10-14(2)15(3)12-16)21(24)23-13-18(22(25)26-4)17-8-6-7-9-19(17)23/h6-13,20H,5H2,1-4H3. The number of esters is 1. The summed E-state index contributed by atoms with van der Waals surface area (Å²) in [5.74, 6) is -0.0362. The van der Waals surface area contributed by atoms with Gasteiger partial charge < -0.3 is 9.47 Å². The summed E-state index contributed by atoms with van der Waals surface area (Å²) in [5.41, 5.74) is 3.29. The lowest BCUT2D eigenvalue weighted by molar-refractivity contribution is 0.0602. The van der Waals surface area contributed by atoms with Crippen molar-refractivity contribution in [3.63, 3.8) is 0 Å². The van der Waals surface area contributed by atoms with Gasteiger partial charge >= 0.3 is 5.97 Å². The number of hydrogen-bond acceptors (Lipinski definition) is 4. The van der Waals surface area contributed by atoms with Crippen molar-refractivity contribution >= 4 is 22.8 Å². The fraction of sp³-hybridized carbons (Fsp3) is 0.273. The molecule has 0 spiro atoms. The van der Waals surface area contributed by atoms with Gasteiger partial charge in [-0.2, -0.15) is 0 Å². The number of carbonyl (C=O) groups is 2. The number of fused-ring (bicyclic) bond motifs is 1. The molecule has 1 heterocycles. The molecule has 0 aliphatic rings. The molecule has 3 rings (SSSR count). The van der Waals surface area contributed by atoms with Gasteiger partial charge in [-0.15, -0.1) is 0 Å². The minimum Gasteiger partial charge on any atom is -0.481 e. The third-order valence-corrected chi connectivity index (χ3v) is 4.76. The number of aromatic nitrogens is 1. The Balaban J connectivity index is 1.98. The van der Waals surface area contributed by atoms with Crippen LogP contribution in [0.25, 0.3) is 10.9 Å². The number of rotatable bonds is 5. The second-order valence-corrected chi connectivity index (χ2v) is 6.52. The van der Waals surface area contributed by atoms with Crippen molar-refractivity contribution in [2.45, 2.75) is 33.3 Å². The quantitative estimate of drug-likeness (QED) is 0.623. The van der Waals surface area contributed by atoms with Gasteiger partial charge in [-0.1, -0.05) is 31.2 Å². The van der Waals surface area contributed by atoms with Crippen LogP contribution in [0.3, 0.4) is 0 Å². The molecule has 5 heteroatoms. The van der Waals surface area contributed by atoms with Gasteiger partial charge in [0.2, 0.25) is 0 Å². The predicted octanol–water partition coefficient (Wildman–Crippen LogP) is 4.54. The van der Waals surface area contributed by atoms with E-state index in [0.29, 0.717) is 28.6 Å². The summed E-state index contributed by atoms with van der Waals surface area (Å²) in [7, 11) is 1.33. The van der Waals surface area contributed by atoms with Crippen molar-refractivity contribution in [3.8, 4) is 5.75 Å². The van der Waals surface area contributed by atoms with Gasteiger partial charge in [0.15, 0.2) is 6.10 Å². The van der Waals surface area contributed by atoms with E-state index < -0.39 is 12.1 Å². The maximum Gasteiger partial charge on any atom is 0.340 e. The van der Waals surface area contributed by atoms with Gasteiger partial charge in [0.05, 0.1) is 18.2 Å². The first-order valence-corrected chi connectivity index (χ1v) is 8.92. The Morgan fingerprint density at radius 3 is 2.48 bits per heavy atom. The number of methoxy groups -OCH3 is 1. The molecule has 1 atom stereocenters. The summed E-state index contributed by atoms with van der Waals surface area (Å²) < 4.78 is 12.3. The van der Waals surface area contributed by atoms with E-state index in [1.807, 2.05) is 57.2 Å². The summed E-state index contributed by atoms with van der Waals surface area (Å²) in [6.45, 7) is 5.94. The number of para-hydroxylation sites is 1. The van der Waals surface area contributed by atoms with Crippen LogP contribution < -0.4 is 4.74 Å². The highest BCUT2D eigenvalue weighted by Gasteiger charge is 2.25. The highest BCUT2D eigenvalue weighted by atomic mass is 16.5. The molecule has 0 radical (unpaired) electrons. The molecule has 0 aliphatic heterocycles. The van der Waals surface area contributed by atoms with E-state index >= 15 is 0 Å². The van der Waals surface area contributed by atoms with E-state index in [0.717, 1.165) is 5.56 Å². The summed E-state index contributed by atoms with van der Waals surface area (Å²) in [6, 6.07) is 13.0. The Hall–Kier alpha value is -3.08. The summed E-state index contributed by atoms with van der Waals surface area (Å²) in [4.78, 5) is 25.2. The summed E-state index contributed by atoms with van der Waals surface area (Å²) in [6.07, 6.45) is 1.38. The Morgan fingerprint density at radius 2 is 1.81 bits per heavy atom. The zero-order valence-electron chi connectivity index (χ0n) is 16.0. The molecule has 0 aliphatic carbocycles. The highest BCUT2D eigenvalue weighted by molar-refractivity contribution is 6.07. The maximum absolute atomic E-state index is 13.2. The topological polar surface area (TPSA) is 57.5 Å². The second-order valence-electron chi connectivity index (χ2n) is 6.52. The van der Waals surface area contributed by atoms with Gasteiger partial charge in [-0.05, 0) is 49.6 Å². The molecule has 2 aromatic carbocycles. The third kappa shape index (κ3) is 3.58. The number of benzene rings is 2. The molecule has 0 amide bonds. The summed E-state index contributed by atoms with van der Waals surface area (Å²) >= 11 is 0. The number of carbonyl (C=O) groups excluding carboxylic acids is 2. The second kappa shape index (κ2) is 7.66. The Labute approximate surface area is 158 Å². The lowest BCUT2D eigenvalue weighted by Crippen LogP contribution is -2.31. The van der Waals surface area contributed by atoms with Crippen LogP contribution in [0, 0.1) is 13.8 Å². The van der Waals surface area contributed by atoms with Crippen LogP contribution in [0.1, 0.15) is 39.6 Å². The van der Waals surface area contributed by atoms with Crippen molar-refractivity contribution in [2.24, 2.45) is 0 Å². The van der Waals surface area contributed by atoms with E-state index in [2.05, 4.69) is 0 Å². The zero-order chi connectivity index (χ0) is 19.6. The average molecular weight is 365 g/mol. The van der Waals surface area contributed by atoms with Crippen LogP contribution in [0.4, 0.5) is 0 Å². The van der Waals surface area contributed by atoms with Crippen LogP contribution in [0.2, 0.25) is 0 Å². The van der Waals surface area contributed by atoms with Crippen LogP contribution in [0.15, 0.2) is 48.7 Å². The van der Waals surface area contributed by atoms with E-state index in [1.165, 1.54) is 23.4 Å². The summed E-state index contributed by atoms with van der Waals surface area (Å²) in [5, 5.41) is 0.679. The fourth-order valence-electron chi connectivity index (χ4n) is 3.05.